The van der Waals surface area contributed by atoms with Crippen molar-refractivity contribution in [1.82, 2.24) is 4.90 Å². The number of esters is 1. The molecule has 0 aliphatic heterocycles. The molecule has 0 saturated carbocycles. The number of aliphatic hydroxyl groups is 1. The monoisotopic (exact) mass is 319 g/mol. The average molecular weight is 320 g/mol. The second kappa shape index (κ2) is 21.2. The van der Waals surface area contributed by atoms with Gasteiger partial charge in [-0.15, -0.1) is 0 Å². The maximum Gasteiger partial charge on any atom is 0.330 e. The van der Waals surface area contributed by atoms with Crippen molar-refractivity contribution in [3.63, 3.8) is 0 Å². The highest BCUT2D eigenvalue weighted by Crippen LogP contribution is 1.91. The summed E-state index contributed by atoms with van der Waals surface area (Å²) in [6.07, 6.45) is 2.76. The maximum atomic E-state index is 10.5. The van der Waals surface area contributed by atoms with Crippen LogP contribution in [0.2, 0.25) is 6.04 Å². The molecule has 126 valence electrons. The fourth-order valence-electron chi connectivity index (χ4n) is 0.682. The van der Waals surface area contributed by atoms with Gasteiger partial charge >= 0.3 is 5.97 Å². The first-order valence-corrected chi connectivity index (χ1v) is 8.74. The highest BCUT2D eigenvalue weighted by molar-refractivity contribution is 6.26. The van der Waals surface area contributed by atoms with Crippen LogP contribution in [0.4, 0.5) is 0 Å². The number of carbonyl (C=O) groups is 1. The molecule has 0 aromatic heterocycles. The summed E-state index contributed by atoms with van der Waals surface area (Å²) < 4.78 is 10.0. The Morgan fingerprint density at radius 3 is 2.14 bits per heavy atom. The van der Waals surface area contributed by atoms with Crippen LogP contribution in [0.25, 0.3) is 0 Å². The number of hydrogen-bond acceptors (Lipinski definition) is 5. The Labute approximate surface area is 132 Å². The van der Waals surface area contributed by atoms with Gasteiger partial charge in [0.15, 0.2) is 9.76 Å². The number of carbonyl (C=O) groups excluding carboxylic acids is 1. The molecule has 0 unspecified atom stereocenters. The number of allylic oxidation sites excluding steroid dienone is 1. The van der Waals surface area contributed by atoms with E-state index in [9.17, 15) is 4.79 Å². The fraction of sp³-hybridized carbons (Fsp3) is 0.667. The average Bonchev–Trinajstić information content (AvgIpc) is 2.42. The summed E-state index contributed by atoms with van der Waals surface area (Å²) in [5.41, 5.74) is 0. The Bertz CT molecular complexity index is 255. The number of rotatable bonds is 8. The third-order valence-corrected chi connectivity index (χ3v) is 3.19. The van der Waals surface area contributed by atoms with Crippen molar-refractivity contribution in [2.45, 2.75) is 32.7 Å². The molecule has 0 aliphatic rings. The third-order valence-electron chi connectivity index (χ3n) is 1.71. The summed E-state index contributed by atoms with van der Waals surface area (Å²) in [6.45, 7) is 11.7. The van der Waals surface area contributed by atoms with Gasteiger partial charge in [-0.2, -0.15) is 0 Å². The number of hydrogen-bond donors (Lipinski definition) is 1. The van der Waals surface area contributed by atoms with Crippen LogP contribution in [-0.4, -0.2) is 60.1 Å². The summed E-state index contributed by atoms with van der Waals surface area (Å²) in [7, 11) is 5.64. The van der Waals surface area contributed by atoms with Crippen molar-refractivity contribution in [2.75, 3.05) is 34.4 Å². The lowest BCUT2D eigenvalue weighted by Crippen LogP contribution is -2.04. The second-order valence-electron chi connectivity index (χ2n) is 4.54. The molecule has 0 bridgehead atoms. The van der Waals surface area contributed by atoms with E-state index in [2.05, 4.69) is 13.2 Å². The van der Waals surface area contributed by atoms with E-state index in [0.29, 0.717) is 13.0 Å². The Kier molecular flexibility index (Phi) is 25.1. The first-order chi connectivity index (χ1) is 9.81. The smallest absolute Gasteiger partial charge is 0.330 e. The molecule has 0 fully saturated rings. The molecule has 0 aromatic rings. The third kappa shape index (κ3) is 45.4. The molecule has 21 heavy (non-hydrogen) atoms. The van der Waals surface area contributed by atoms with Crippen molar-refractivity contribution in [2.24, 2.45) is 0 Å². The molecule has 0 rings (SSSR count). The van der Waals surface area contributed by atoms with Crippen LogP contribution in [0.3, 0.4) is 0 Å². The topological polar surface area (TPSA) is 59.0 Å². The van der Waals surface area contributed by atoms with Crippen LogP contribution in [-0.2, 0) is 14.0 Å². The predicted molar refractivity (Wildman–Crippen MR) is 92.4 cm³/mol. The zero-order valence-corrected chi connectivity index (χ0v) is 15.8. The summed E-state index contributed by atoms with van der Waals surface area (Å²) in [5.74, 6) is -0.0851. The maximum absolute atomic E-state index is 10.5. The molecule has 0 amide bonds. The summed E-state index contributed by atoms with van der Waals surface area (Å²) in [6, 6.07) is 1.07. The highest BCUT2D eigenvalue weighted by Gasteiger charge is 1.94. The molecule has 0 aliphatic carbocycles. The van der Waals surface area contributed by atoms with E-state index < -0.39 is 0 Å². The lowest BCUT2D eigenvalue weighted by molar-refractivity contribution is -0.137. The number of nitrogens with zero attached hydrogens (tertiary/aromatic N) is 1. The summed E-state index contributed by atoms with van der Waals surface area (Å²) in [5, 5.41) is 8.17. The number of ether oxygens (including phenoxy) is 1. The molecule has 0 heterocycles. The fourth-order valence-corrected chi connectivity index (χ4v) is 1.58. The molecular weight excluding hydrogens is 286 g/mol. The molecule has 0 saturated heterocycles. The van der Waals surface area contributed by atoms with Crippen LogP contribution in [0, 0.1) is 0 Å². The predicted octanol–water partition coefficient (Wildman–Crippen LogP) is 2.29. The van der Waals surface area contributed by atoms with Gasteiger partial charge in [0.2, 0.25) is 0 Å². The summed E-state index contributed by atoms with van der Waals surface area (Å²) >= 11 is 0. The molecule has 0 atom stereocenters. The van der Waals surface area contributed by atoms with Gasteiger partial charge in [0, 0.05) is 19.1 Å². The van der Waals surface area contributed by atoms with Crippen LogP contribution in [0.5, 0.6) is 0 Å². The van der Waals surface area contributed by atoms with Crippen LogP contribution in [0.1, 0.15) is 26.7 Å². The van der Waals surface area contributed by atoms with Crippen molar-refractivity contribution < 1.29 is 19.1 Å². The van der Waals surface area contributed by atoms with E-state index in [-0.39, 0.29) is 21.5 Å². The largest absolute Gasteiger partial charge is 0.513 e. The van der Waals surface area contributed by atoms with Crippen LogP contribution < -0.4 is 0 Å². The van der Waals surface area contributed by atoms with Gasteiger partial charge in [0.25, 0.3) is 0 Å². The highest BCUT2D eigenvalue weighted by atomic mass is 28.2. The molecule has 1 N–H and O–H groups in total. The first-order valence-electron chi connectivity index (χ1n) is 7.16. The minimum absolute atomic E-state index is 0.255. The van der Waals surface area contributed by atoms with E-state index in [1.807, 2.05) is 39.9 Å². The van der Waals surface area contributed by atoms with Crippen molar-refractivity contribution in [3.8, 4) is 0 Å². The van der Waals surface area contributed by atoms with Gasteiger partial charge in [-0.1, -0.05) is 20.1 Å². The van der Waals surface area contributed by atoms with Crippen molar-refractivity contribution >= 4 is 15.7 Å². The zero-order valence-electron chi connectivity index (χ0n) is 14.4. The van der Waals surface area contributed by atoms with Gasteiger partial charge in [0.1, 0.15) is 0 Å². The van der Waals surface area contributed by atoms with Gasteiger partial charge in [-0.3, -0.25) is 0 Å². The standard InChI is InChI=1S/C8H16O3Si.C4H8O.C3H9N/c1-3-8(9)10-6-5-7-12-11-4-2;1-3-4(2)5;1-4(2)3/h3H,1,4-7,12H2,2H3;5H,2-3H2,1H3;1-3H3. The van der Waals surface area contributed by atoms with E-state index in [4.69, 9.17) is 14.3 Å². The Balaban J connectivity index is -0.000000297. The molecule has 0 radical (unpaired) electrons. The first kappa shape index (κ1) is 24.9. The molecule has 5 nitrogen and oxygen atoms in total. The van der Waals surface area contributed by atoms with E-state index >= 15 is 0 Å². The second-order valence-corrected chi connectivity index (χ2v) is 6.06. The zero-order chi connectivity index (χ0) is 17.1. The number of aliphatic hydroxyl groups excluding tert-OH is 1. The Morgan fingerprint density at radius 1 is 1.33 bits per heavy atom. The quantitative estimate of drug-likeness (QED) is 0.244. The molecule has 6 heteroatoms. The van der Waals surface area contributed by atoms with E-state index in [0.717, 1.165) is 19.1 Å². The molecule has 0 spiro atoms. The minimum atomic E-state index is -0.357. The minimum Gasteiger partial charge on any atom is -0.513 e. The van der Waals surface area contributed by atoms with Gasteiger partial charge in [-0.05, 0) is 40.5 Å². The van der Waals surface area contributed by atoms with Gasteiger partial charge < -0.3 is 19.2 Å². The Hall–Kier alpha value is -1.11. The van der Waals surface area contributed by atoms with Gasteiger partial charge in [0.05, 0.1) is 12.4 Å². The summed E-state index contributed by atoms with van der Waals surface area (Å²) in [4.78, 5) is 12.5. The van der Waals surface area contributed by atoms with Crippen molar-refractivity contribution in [3.05, 3.63) is 25.0 Å². The van der Waals surface area contributed by atoms with Gasteiger partial charge in [-0.25, -0.2) is 4.79 Å². The lowest BCUT2D eigenvalue weighted by atomic mass is 10.4. The normalized spacial score (nSPS) is 9.43. The SMILES string of the molecule is C=C(O)CC.C=CC(=O)OCCC[SiH2]OCC.CN(C)C. The van der Waals surface area contributed by atoms with Crippen LogP contribution in [0.15, 0.2) is 25.0 Å². The van der Waals surface area contributed by atoms with E-state index in [1.54, 1.807) is 0 Å². The van der Waals surface area contributed by atoms with E-state index in [1.165, 1.54) is 6.08 Å². The molecular formula is C15H33NO4Si. The van der Waals surface area contributed by atoms with Crippen LogP contribution >= 0.6 is 0 Å². The van der Waals surface area contributed by atoms with Crippen molar-refractivity contribution in [1.29, 1.82) is 0 Å². The Morgan fingerprint density at radius 2 is 1.81 bits per heavy atom. The lowest BCUT2D eigenvalue weighted by Gasteiger charge is -2.01. The molecule has 0 aromatic carbocycles.